The minimum Gasteiger partial charge on any atom is -0.389 e. The molecule has 1 amide bonds. The summed E-state index contributed by atoms with van der Waals surface area (Å²) < 4.78 is 10.3. The number of rotatable bonds is 8. The van der Waals surface area contributed by atoms with Crippen LogP contribution in [0.1, 0.15) is 13.3 Å². The van der Waals surface area contributed by atoms with E-state index < -0.39 is 6.10 Å². The van der Waals surface area contributed by atoms with Gasteiger partial charge in [0.05, 0.1) is 25.9 Å². The van der Waals surface area contributed by atoms with Crippen LogP contribution >= 0.6 is 0 Å². The van der Waals surface area contributed by atoms with Crippen molar-refractivity contribution in [2.75, 3.05) is 52.6 Å². The van der Waals surface area contributed by atoms with Gasteiger partial charge in [-0.1, -0.05) is 0 Å². The van der Waals surface area contributed by atoms with Gasteiger partial charge in [-0.05, 0) is 6.92 Å². The minimum atomic E-state index is -0.511. The summed E-state index contributed by atoms with van der Waals surface area (Å²) in [4.78, 5) is 13.6. The molecule has 0 radical (unpaired) electrons. The number of carbonyl (C=O) groups excluding carboxylic acids is 1. The lowest BCUT2D eigenvalue weighted by Crippen LogP contribution is -2.42. The van der Waals surface area contributed by atoms with Crippen LogP contribution < -0.4 is 5.32 Å². The molecule has 0 bridgehead atoms. The quantitative estimate of drug-likeness (QED) is 0.560. The fourth-order valence-electron chi connectivity index (χ4n) is 1.75. The highest BCUT2D eigenvalue weighted by atomic mass is 16.5. The van der Waals surface area contributed by atoms with Crippen molar-refractivity contribution in [3.63, 3.8) is 0 Å². The van der Waals surface area contributed by atoms with Gasteiger partial charge < -0.3 is 24.8 Å². The molecule has 1 rings (SSSR count). The van der Waals surface area contributed by atoms with E-state index in [9.17, 15) is 9.90 Å². The van der Waals surface area contributed by atoms with E-state index >= 15 is 0 Å². The Morgan fingerprint density at radius 2 is 2.22 bits per heavy atom. The summed E-state index contributed by atoms with van der Waals surface area (Å²) in [5.41, 5.74) is 0. The second-order valence-corrected chi connectivity index (χ2v) is 4.26. The van der Waals surface area contributed by atoms with Crippen LogP contribution in [0.3, 0.4) is 0 Å². The van der Waals surface area contributed by atoms with Gasteiger partial charge in [0.2, 0.25) is 5.91 Å². The van der Waals surface area contributed by atoms with Crippen molar-refractivity contribution in [3.8, 4) is 0 Å². The average Bonchev–Trinajstić information content (AvgIpc) is 2.42. The van der Waals surface area contributed by atoms with Crippen molar-refractivity contribution in [2.24, 2.45) is 0 Å². The minimum absolute atomic E-state index is 0.144. The number of hydrogen-bond acceptors (Lipinski definition) is 5. The third-order valence-corrected chi connectivity index (χ3v) is 2.77. The van der Waals surface area contributed by atoms with Gasteiger partial charge in [0.15, 0.2) is 0 Å². The van der Waals surface area contributed by atoms with Crippen LogP contribution in [0, 0.1) is 0 Å². The molecule has 0 aromatic rings. The van der Waals surface area contributed by atoms with E-state index in [1.54, 1.807) is 0 Å². The Balaban J connectivity index is 2.01. The molecule has 1 fully saturated rings. The van der Waals surface area contributed by atoms with Gasteiger partial charge in [-0.15, -0.1) is 0 Å². The number of aliphatic hydroxyl groups excluding tert-OH is 1. The summed E-state index contributed by atoms with van der Waals surface area (Å²) >= 11 is 0. The van der Waals surface area contributed by atoms with Crippen LogP contribution in [-0.4, -0.2) is 74.6 Å². The van der Waals surface area contributed by atoms with Crippen molar-refractivity contribution in [2.45, 2.75) is 19.4 Å². The van der Waals surface area contributed by atoms with Gasteiger partial charge in [0.1, 0.15) is 0 Å². The Morgan fingerprint density at radius 3 is 2.89 bits per heavy atom. The molecular weight excluding hydrogens is 236 g/mol. The van der Waals surface area contributed by atoms with Crippen LogP contribution in [0.2, 0.25) is 0 Å². The summed E-state index contributed by atoms with van der Waals surface area (Å²) in [6.07, 6.45) is -0.0510. The molecule has 0 aliphatic carbocycles. The Bertz CT molecular complexity index is 232. The maximum atomic E-state index is 11.8. The normalized spacial score (nSPS) is 17.8. The molecule has 18 heavy (non-hydrogen) atoms. The summed E-state index contributed by atoms with van der Waals surface area (Å²) in [7, 11) is 0. The van der Waals surface area contributed by atoms with Gasteiger partial charge in [-0.3, -0.25) is 4.79 Å². The van der Waals surface area contributed by atoms with Gasteiger partial charge in [0, 0.05) is 39.2 Å². The Hall–Kier alpha value is -0.690. The number of carbonyl (C=O) groups is 1. The Morgan fingerprint density at radius 1 is 1.50 bits per heavy atom. The van der Waals surface area contributed by atoms with Gasteiger partial charge in [0.25, 0.3) is 0 Å². The van der Waals surface area contributed by atoms with Gasteiger partial charge in [-0.25, -0.2) is 0 Å². The highest BCUT2D eigenvalue weighted by Gasteiger charge is 2.16. The molecule has 2 N–H and O–H groups in total. The van der Waals surface area contributed by atoms with E-state index in [1.807, 2.05) is 11.8 Å². The first kappa shape index (κ1) is 15.4. The van der Waals surface area contributed by atoms with Crippen molar-refractivity contribution < 1.29 is 19.4 Å². The molecule has 1 heterocycles. The van der Waals surface area contributed by atoms with Crippen LogP contribution in [-0.2, 0) is 14.3 Å². The average molecular weight is 260 g/mol. The molecule has 1 atom stereocenters. The summed E-state index contributed by atoms with van der Waals surface area (Å²) in [5.74, 6) is 0.144. The zero-order valence-electron chi connectivity index (χ0n) is 11.1. The molecular formula is C12H24N2O4. The number of morpholine rings is 1. The van der Waals surface area contributed by atoms with E-state index in [2.05, 4.69) is 5.32 Å². The van der Waals surface area contributed by atoms with E-state index in [0.29, 0.717) is 59.0 Å². The standard InChI is InChI=1S/C12H24N2O4/c1-2-17-10-11(15)9-13-4-3-12(16)14-5-7-18-8-6-14/h11,13,15H,2-10H2,1H3. The third kappa shape index (κ3) is 6.30. The molecule has 0 spiro atoms. The van der Waals surface area contributed by atoms with Crippen LogP contribution in [0.4, 0.5) is 0 Å². The Labute approximate surface area is 108 Å². The molecule has 6 heteroatoms. The molecule has 1 aliphatic rings. The summed E-state index contributed by atoms with van der Waals surface area (Å²) in [6.45, 7) is 6.50. The molecule has 0 aromatic heterocycles. The van der Waals surface area contributed by atoms with E-state index in [4.69, 9.17) is 9.47 Å². The maximum Gasteiger partial charge on any atom is 0.224 e. The highest BCUT2D eigenvalue weighted by Crippen LogP contribution is 1.99. The smallest absolute Gasteiger partial charge is 0.224 e. The van der Waals surface area contributed by atoms with E-state index in [0.717, 1.165) is 0 Å². The van der Waals surface area contributed by atoms with E-state index in [1.165, 1.54) is 0 Å². The highest BCUT2D eigenvalue weighted by molar-refractivity contribution is 5.76. The number of hydrogen-bond donors (Lipinski definition) is 2. The number of amides is 1. The molecule has 0 aromatic carbocycles. The number of nitrogens with zero attached hydrogens (tertiary/aromatic N) is 1. The van der Waals surface area contributed by atoms with Crippen LogP contribution in [0.25, 0.3) is 0 Å². The van der Waals surface area contributed by atoms with Crippen molar-refractivity contribution in [1.82, 2.24) is 10.2 Å². The summed E-state index contributed by atoms with van der Waals surface area (Å²) in [5, 5.41) is 12.6. The predicted molar refractivity (Wildman–Crippen MR) is 67.4 cm³/mol. The second-order valence-electron chi connectivity index (χ2n) is 4.26. The summed E-state index contributed by atoms with van der Waals surface area (Å²) in [6, 6.07) is 0. The van der Waals surface area contributed by atoms with Gasteiger partial charge >= 0.3 is 0 Å². The number of aliphatic hydroxyl groups is 1. The fourth-order valence-corrected chi connectivity index (χ4v) is 1.75. The molecule has 0 saturated carbocycles. The topological polar surface area (TPSA) is 71.0 Å². The lowest BCUT2D eigenvalue weighted by Gasteiger charge is -2.26. The molecule has 1 unspecified atom stereocenters. The number of nitrogens with one attached hydrogen (secondary N) is 1. The monoisotopic (exact) mass is 260 g/mol. The first-order valence-electron chi connectivity index (χ1n) is 6.56. The fraction of sp³-hybridized carbons (Fsp3) is 0.917. The first-order chi connectivity index (χ1) is 8.74. The molecule has 6 nitrogen and oxygen atoms in total. The Kier molecular flexibility index (Phi) is 7.91. The number of ether oxygens (including phenoxy) is 2. The van der Waals surface area contributed by atoms with Crippen LogP contribution in [0.15, 0.2) is 0 Å². The molecule has 1 saturated heterocycles. The third-order valence-electron chi connectivity index (χ3n) is 2.77. The van der Waals surface area contributed by atoms with Crippen molar-refractivity contribution in [1.29, 1.82) is 0 Å². The predicted octanol–water partition coefficient (Wildman–Crippen LogP) is -0.778. The van der Waals surface area contributed by atoms with Gasteiger partial charge in [-0.2, -0.15) is 0 Å². The van der Waals surface area contributed by atoms with Crippen LogP contribution in [0.5, 0.6) is 0 Å². The molecule has 1 aliphatic heterocycles. The zero-order chi connectivity index (χ0) is 13.2. The molecule has 106 valence electrons. The largest absolute Gasteiger partial charge is 0.389 e. The lowest BCUT2D eigenvalue weighted by atomic mass is 10.3. The zero-order valence-corrected chi connectivity index (χ0v) is 11.1. The second kappa shape index (κ2) is 9.27. The van der Waals surface area contributed by atoms with E-state index in [-0.39, 0.29) is 5.91 Å². The maximum absolute atomic E-state index is 11.8. The van der Waals surface area contributed by atoms with Crippen molar-refractivity contribution >= 4 is 5.91 Å². The lowest BCUT2D eigenvalue weighted by molar-refractivity contribution is -0.135. The van der Waals surface area contributed by atoms with Crippen molar-refractivity contribution in [3.05, 3.63) is 0 Å². The first-order valence-corrected chi connectivity index (χ1v) is 6.56. The SMILES string of the molecule is CCOCC(O)CNCCC(=O)N1CCOCC1.